The maximum absolute atomic E-state index is 14.2. The van der Waals surface area contributed by atoms with Crippen LogP contribution in [0.5, 0.6) is 0 Å². The van der Waals surface area contributed by atoms with Gasteiger partial charge in [-0.25, -0.2) is 4.79 Å². The first kappa shape index (κ1) is 28.7. The zero-order chi connectivity index (χ0) is 26.3. The van der Waals surface area contributed by atoms with Crippen molar-refractivity contribution in [3.8, 4) is 0 Å². The number of ether oxygens (including phenoxy) is 1. The van der Waals surface area contributed by atoms with E-state index in [1.165, 1.54) is 0 Å². The zero-order valence-electron chi connectivity index (χ0n) is 22.8. The van der Waals surface area contributed by atoms with Gasteiger partial charge in [0.2, 0.25) is 11.8 Å². The van der Waals surface area contributed by atoms with E-state index in [2.05, 4.69) is 24.5 Å². The number of unbranched alkanes of at least 4 members (excludes halogenated alkanes) is 1. The van der Waals surface area contributed by atoms with E-state index in [1.54, 1.807) is 25.7 Å². The van der Waals surface area contributed by atoms with E-state index in [-0.39, 0.29) is 29.7 Å². The van der Waals surface area contributed by atoms with Gasteiger partial charge in [-0.3, -0.25) is 9.59 Å². The van der Waals surface area contributed by atoms with E-state index in [0.29, 0.717) is 13.0 Å². The molecular weight excluding hydrogens is 442 g/mol. The lowest BCUT2D eigenvalue weighted by atomic mass is 9.94. The van der Waals surface area contributed by atoms with Crippen LogP contribution in [0.1, 0.15) is 91.3 Å². The quantitative estimate of drug-likeness (QED) is 0.424. The molecule has 0 saturated heterocycles. The Morgan fingerprint density at radius 2 is 1.80 bits per heavy atom. The van der Waals surface area contributed by atoms with E-state index >= 15 is 0 Å². The third-order valence-electron chi connectivity index (χ3n) is 6.67. The van der Waals surface area contributed by atoms with Crippen molar-refractivity contribution in [1.29, 1.82) is 0 Å². The molecule has 0 bridgehead atoms. The number of amides is 3. The van der Waals surface area contributed by atoms with Crippen LogP contribution < -0.4 is 10.6 Å². The molecule has 5 unspecified atom stereocenters. The van der Waals surface area contributed by atoms with Gasteiger partial charge in [-0.05, 0) is 63.5 Å². The zero-order valence-corrected chi connectivity index (χ0v) is 22.8. The summed E-state index contributed by atoms with van der Waals surface area (Å²) in [6, 6.07) is 6.11. The molecule has 3 amide bonds. The van der Waals surface area contributed by atoms with Crippen molar-refractivity contribution >= 4 is 17.9 Å². The van der Waals surface area contributed by atoms with Crippen molar-refractivity contribution in [2.45, 2.75) is 105 Å². The van der Waals surface area contributed by atoms with Gasteiger partial charge in [0, 0.05) is 12.6 Å². The SMILES string of the molecule is CCCCNC(=O)C(c1ccccc1C)N(C(=O)C(NC(=O)OC(C)(C)C)C(C)CC)C1CC1C. The minimum Gasteiger partial charge on any atom is -0.444 e. The molecule has 1 aromatic rings. The standard InChI is InChI=1S/C28H45N3O4/c1-9-11-16-29-25(32)24(21-15-13-12-14-19(21)4)31(22-17-20(22)5)26(33)23(18(3)10-2)30-27(34)35-28(6,7)8/h12-15,18,20,22-24H,9-11,16-17H2,1-8H3,(H,29,32)(H,30,34). The topological polar surface area (TPSA) is 87.7 Å². The van der Waals surface area contributed by atoms with Crippen LogP contribution in [0.15, 0.2) is 24.3 Å². The first-order chi connectivity index (χ1) is 16.4. The molecule has 0 aromatic heterocycles. The maximum atomic E-state index is 14.2. The van der Waals surface area contributed by atoms with Crippen LogP contribution in [-0.2, 0) is 14.3 Å². The van der Waals surface area contributed by atoms with Crippen molar-refractivity contribution < 1.29 is 19.1 Å². The number of alkyl carbamates (subject to hydrolysis) is 1. The predicted octanol–water partition coefficient (Wildman–Crippen LogP) is 5.13. The molecule has 5 atom stereocenters. The van der Waals surface area contributed by atoms with E-state index in [1.807, 2.05) is 45.0 Å². The number of hydrogen-bond acceptors (Lipinski definition) is 4. The summed E-state index contributed by atoms with van der Waals surface area (Å²) in [4.78, 5) is 42.2. The molecule has 0 spiro atoms. The summed E-state index contributed by atoms with van der Waals surface area (Å²) in [6.45, 7) is 16.0. The second-order valence-corrected chi connectivity index (χ2v) is 10.9. The smallest absolute Gasteiger partial charge is 0.408 e. The van der Waals surface area contributed by atoms with E-state index in [0.717, 1.165) is 30.4 Å². The molecule has 2 rings (SSSR count). The Kier molecular flexibility index (Phi) is 10.2. The molecule has 35 heavy (non-hydrogen) atoms. The Labute approximate surface area is 211 Å². The monoisotopic (exact) mass is 487 g/mol. The molecular formula is C28H45N3O4. The third kappa shape index (κ3) is 7.97. The molecule has 1 aliphatic carbocycles. The average Bonchev–Trinajstić information content (AvgIpc) is 3.50. The molecule has 1 aliphatic rings. The lowest BCUT2D eigenvalue weighted by molar-refractivity contribution is -0.144. The number of carbonyl (C=O) groups excluding carboxylic acids is 3. The first-order valence-corrected chi connectivity index (χ1v) is 13.1. The number of aryl methyl sites for hydroxylation is 1. The second kappa shape index (κ2) is 12.4. The van der Waals surface area contributed by atoms with Crippen LogP contribution in [0, 0.1) is 18.8 Å². The van der Waals surface area contributed by atoms with Crippen LogP contribution >= 0.6 is 0 Å². The number of hydrogen-bond donors (Lipinski definition) is 2. The summed E-state index contributed by atoms with van der Waals surface area (Å²) < 4.78 is 5.47. The highest BCUT2D eigenvalue weighted by Gasteiger charge is 2.49. The summed E-state index contributed by atoms with van der Waals surface area (Å²) in [5, 5.41) is 5.88. The summed E-state index contributed by atoms with van der Waals surface area (Å²) in [6.07, 6.45) is 2.73. The molecule has 0 aliphatic heterocycles. The fraction of sp³-hybridized carbons (Fsp3) is 0.679. The Balaban J connectivity index is 2.48. The highest BCUT2D eigenvalue weighted by atomic mass is 16.6. The van der Waals surface area contributed by atoms with Crippen LogP contribution in [0.4, 0.5) is 4.79 Å². The molecule has 1 fully saturated rings. The Hall–Kier alpha value is -2.57. The number of rotatable bonds is 11. The number of nitrogens with one attached hydrogen (secondary N) is 2. The van der Waals surface area contributed by atoms with Gasteiger partial charge in [0.15, 0.2) is 0 Å². The van der Waals surface area contributed by atoms with Crippen molar-refractivity contribution in [2.24, 2.45) is 11.8 Å². The summed E-state index contributed by atoms with van der Waals surface area (Å²) >= 11 is 0. The number of carbonyl (C=O) groups is 3. The van der Waals surface area contributed by atoms with Crippen LogP contribution in [0.25, 0.3) is 0 Å². The molecule has 196 valence electrons. The van der Waals surface area contributed by atoms with E-state index in [4.69, 9.17) is 4.74 Å². The van der Waals surface area contributed by atoms with Gasteiger partial charge < -0.3 is 20.3 Å². The van der Waals surface area contributed by atoms with Gasteiger partial charge in [0.05, 0.1) is 0 Å². The van der Waals surface area contributed by atoms with Gasteiger partial charge in [0.1, 0.15) is 17.7 Å². The lowest BCUT2D eigenvalue weighted by Gasteiger charge is -2.37. The summed E-state index contributed by atoms with van der Waals surface area (Å²) in [7, 11) is 0. The Morgan fingerprint density at radius 3 is 2.31 bits per heavy atom. The predicted molar refractivity (Wildman–Crippen MR) is 139 cm³/mol. The van der Waals surface area contributed by atoms with Gasteiger partial charge in [-0.2, -0.15) is 0 Å². The van der Waals surface area contributed by atoms with Crippen LogP contribution in [0.2, 0.25) is 0 Å². The van der Waals surface area contributed by atoms with Gasteiger partial charge in [-0.1, -0.05) is 64.8 Å². The van der Waals surface area contributed by atoms with Gasteiger partial charge >= 0.3 is 6.09 Å². The van der Waals surface area contributed by atoms with Crippen LogP contribution in [-0.4, -0.2) is 47.0 Å². The second-order valence-electron chi connectivity index (χ2n) is 10.9. The Morgan fingerprint density at radius 1 is 1.17 bits per heavy atom. The Bertz CT molecular complexity index is 879. The molecule has 1 saturated carbocycles. The highest BCUT2D eigenvalue weighted by molar-refractivity contribution is 5.93. The summed E-state index contributed by atoms with van der Waals surface area (Å²) in [5.41, 5.74) is 1.09. The highest BCUT2D eigenvalue weighted by Crippen LogP contribution is 2.41. The van der Waals surface area contributed by atoms with Crippen molar-refractivity contribution in [3.63, 3.8) is 0 Å². The fourth-order valence-electron chi connectivity index (χ4n) is 4.25. The van der Waals surface area contributed by atoms with Gasteiger partial charge in [0.25, 0.3) is 0 Å². The van der Waals surface area contributed by atoms with Crippen LogP contribution in [0.3, 0.4) is 0 Å². The van der Waals surface area contributed by atoms with Crippen molar-refractivity contribution in [2.75, 3.05) is 6.54 Å². The minimum absolute atomic E-state index is 0.0592. The number of benzene rings is 1. The molecule has 0 heterocycles. The van der Waals surface area contributed by atoms with Gasteiger partial charge in [-0.15, -0.1) is 0 Å². The third-order valence-corrected chi connectivity index (χ3v) is 6.67. The summed E-state index contributed by atoms with van der Waals surface area (Å²) in [5.74, 6) is -0.265. The first-order valence-electron chi connectivity index (χ1n) is 13.1. The fourth-order valence-corrected chi connectivity index (χ4v) is 4.25. The normalized spacial score (nSPS) is 19.8. The largest absolute Gasteiger partial charge is 0.444 e. The molecule has 0 radical (unpaired) electrons. The van der Waals surface area contributed by atoms with E-state index < -0.39 is 23.8 Å². The lowest BCUT2D eigenvalue weighted by Crippen LogP contribution is -2.56. The number of nitrogens with zero attached hydrogens (tertiary/aromatic N) is 1. The molecule has 1 aromatic carbocycles. The average molecular weight is 488 g/mol. The van der Waals surface area contributed by atoms with Crippen molar-refractivity contribution in [3.05, 3.63) is 35.4 Å². The molecule has 7 heteroatoms. The molecule has 7 nitrogen and oxygen atoms in total. The maximum Gasteiger partial charge on any atom is 0.408 e. The minimum atomic E-state index is -0.794. The van der Waals surface area contributed by atoms with Crippen molar-refractivity contribution in [1.82, 2.24) is 15.5 Å². The van der Waals surface area contributed by atoms with E-state index in [9.17, 15) is 14.4 Å². The molecule has 2 N–H and O–H groups in total.